The van der Waals surface area contributed by atoms with E-state index in [1.807, 2.05) is 73.7 Å². The molecule has 0 aliphatic carbocycles. The van der Waals surface area contributed by atoms with Crippen LogP contribution in [-0.2, 0) is 46.7 Å². The lowest BCUT2D eigenvalue weighted by Crippen LogP contribution is -2.67. The highest BCUT2D eigenvalue weighted by Crippen LogP contribution is 2.52. The number of hydrogen-bond donors (Lipinski definition) is 1. The topological polar surface area (TPSA) is 386 Å². The van der Waals surface area contributed by atoms with Crippen molar-refractivity contribution >= 4 is 90.5 Å². The summed E-state index contributed by atoms with van der Waals surface area (Å²) in [6.45, 7) is 48.1. The maximum Gasteiger partial charge on any atom is 0.417 e. The highest BCUT2D eigenvalue weighted by molar-refractivity contribution is 6.79. The second-order valence-electron chi connectivity index (χ2n) is 35.7. The van der Waals surface area contributed by atoms with Crippen LogP contribution in [0.4, 0.5) is 16.2 Å². The number of carbonyl (C=O) groups excluding carboxylic acids is 7. The standard InChI is InChI=1S/C23H33N3O3Si.C21H35N3O4Si.C16H15N3O4.C16H27N3O2Si.C12H10N2.C5H4N2O.C5H6N2/c1-15(2)30(16(3)4,17(5)6)29-21-20(22-24-13-8-14-25-22)26(23(21)27)18-9-11-19(28-7)12-10-18;1-13(2)29(14(3)4,15(5)6)28-17-16(18-22-11-10-12-23-18)24(19(17)25)20(26)27-21(7,8)9;1-10(20)23-14-13(15-17-8-3-9-18-15)19(16(14)21)11-4-6-12(22-2)7-5-11;1-10(2)22(11(3)4,12(5)6)21-14-13(19-16(14)20)15-17-8-7-9-18-15;1-2-5-11(6-3-1)7-8-12-13-9-4-10-14-12;8-4-5-6-2-1-3-7-5;1-5-6-3-2-4-7-5/h8-17,20-21H,1-7H3;10-17H,1-9H3;3-9,13-14H,1-2H3;7-14H,1-6H3,(H,19,20);1-10H;1-4H;2-4H,1H3/b;;;;8-7+;;/t20-,21-;16-,17-;2*13-,14-;;;/m1111.../s1. The van der Waals surface area contributed by atoms with Crippen LogP contribution in [0.1, 0.15) is 228 Å². The van der Waals surface area contributed by atoms with Gasteiger partial charge in [-0.05, 0) is 180 Å². The van der Waals surface area contributed by atoms with E-state index in [4.69, 9.17) is 32.2 Å². The normalized spacial score (nSPS) is 18.0. The Hall–Kier alpha value is -12.4. The van der Waals surface area contributed by atoms with E-state index in [0.717, 1.165) is 33.5 Å². The third-order valence-electron chi connectivity index (χ3n) is 23.3. The number of nitrogens with zero attached hydrogens (tertiary/aromatic N) is 17. The Labute approximate surface area is 785 Å². The number of carbonyl (C=O) groups is 7. The number of imide groups is 1. The van der Waals surface area contributed by atoms with E-state index in [2.05, 4.69) is 200 Å². The fourth-order valence-electron chi connectivity index (χ4n) is 17.5. The average Bonchev–Trinajstić information content (AvgIpc) is 0.925. The van der Waals surface area contributed by atoms with Crippen LogP contribution in [0, 0.1) is 6.92 Å². The molecule has 4 saturated heterocycles. The molecular weight excluding hydrogens is 1740 g/mol. The van der Waals surface area contributed by atoms with Gasteiger partial charge in [-0.15, -0.1) is 0 Å². The number of benzene rings is 3. The summed E-state index contributed by atoms with van der Waals surface area (Å²) in [7, 11) is -3.48. The van der Waals surface area contributed by atoms with Gasteiger partial charge in [0.15, 0.2) is 59.5 Å². The number of aromatic nitrogens is 14. The largest absolute Gasteiger partial charge is 0.497 e. The second-order valence-corrected chi connectivity index (χ2v) is 51.9. The molecule has 0 radical (unpaired) electrons. The molecule has 10 aromatic rings. The Morgan fingerprint density at radius 2 is 0.699 bits per heavy atom. The van der Waals surface area contributed by atoms with Gasteiger partial charge < -0.3 is 37.5 Å². The summed E-state index contributed by atoms with van der Waals surface area (Å²) in [4.78, 5) is 147. The number of β-lactam (4-membered cyclic amide) rings is 4. The van der Waals surface area contributed by atoms with Gasteiger partial charge in [-0.1, -0.05) is 161 Å². The number of hydrogen-bond acceptors (Lipinski definition) is 28. The molecule has 14 rings (SSSR count). The van der Waals surface area contributed by atoms with Crippen LogP contribution >= 0.6 is 0 Å². The minimum atomic E-state index is -2.34. The number of amides is 5. The molecule has 7 aromatic heterocycles. The Morgan fingerprint density at radius 1 is 0.383 bits per heavy atom. The first-order valence-corrected chi connectivity index (χ1v) is 51.2. The molecule has 32 nitrogen and oxygen atoms in total. The van der Waals surface area contributed by atoms with Gasteiger partial charge in [0, 0.05) is 105 Å². The van der Waals surface area contributed by atoms with Crippen molar-refractivity contribution in [1.82, 2.24) is 80.0 Å². The monoisotopic (exact) mass is 1870 g/mol. The van der Waals surface area contributed by atoms with Crippen LogP contribution in [0.5, 0.6) is 11.5 Å². The Bertz CT molecular complexity index is 5200. The Morgan fingerprint density at radius 3 is 1.02 bits per heavy atom. The van der Waals surface area contributed by atoms with Crippen molar-refractivity contribution in [1.29, 1.82) is 0 Å². The summed E-state index contributed by atoms with van der Waals surface area (Å²) in [5, 5.41) is 2.88. The molecule has 0 bridgehead atoms. The number of esters is 1. The Kier molecular flexibility index (Phi) is 39.3. The number of aldehydes is 1. The summed E-state index contributed by atoms with van der Waals surface area (Å²) in [5.41, 5.74) is 5.32. The zero-order valence-corrected chi connectivity index (χ0v) is 84.0. The summed E-state index contributed by atoms with van der Waals surface area (Å²) >= 11 is 0. The number of ether oxygens (including phenoxy) is 4. The molecule has 3 aromatic carbocycles. The summed E-state index contributed by atoms with van der Waals surface area (Å²) in [6, 6.07) is 35.0. The predicted molar refractivity (Wildman–Crippen MR) is 516 cm³/mol. The van der Waals surface area contributed by atoms with Crippen LogP contribution in [0.2, 0.25) is 49.9 Å². The van der Waals surface area contributed by atoms with Crippen molar-refractivity contribution in [2.45, 2.75) is 263 Å². The number of rotatable bonds is 27. The SMILES string of the molecule is C(=C\c1ncccn1)/c1ccccc1.CC(C)[Si](O[C@H]1C(=O)N(C(=O)OC(C)(C)C)[C@H]1c1ncccn1)(C(C)C)C(C)C.CC(C)[Si](O[C@H]1C(=O)N[C@H]1c1ncccn1)(C(C)C)C(C)C.COc1ccc(N2C(=O)[C@H](OC(C)=O)[C@@H]2c2ncccn2)cc1.COc1ccc(N2C(=O)[C@H](O[Si](C(C)C)(C(C)C)C(C)C)[C@@H]2c2ncccn2)cc1.Cc1ncccn1.O=Cc1ncccn1. The summed E-state index contributed by atoms with van der Waals surface area (Å²) < 4.78 is 41.1. The first-order chi connectivity index (χ1) is 63.2. The van der Waals surface area contributed by atoms with Gasteiger partial charge in [0.1, 0.15) is 47.1 Å². The van der Waals surface area contributed by atoms with E-state index in [-0.39, 0.29) is 41.5 Å². The second kappa shape index (κ2) is 49.4. The molecule has 8 atom stereocenters. The van der Waals surface area contributed by atoms with Gasteiger partial charge in [-0.2, -0.15) is 0 Å². The van der Waals surface area contributed by atoms with E-state index < -0.39 is 79.1 Å². The lowest BCUT2D eigenvalue weighted by atomic mass is 9.95. The van der Waals surface area contributed by atoms with E-state index >= 15 is 0 Å². The van der Waals surface area contributed by atoms with Crippen LogP contribution in [0.15, 0.2) is 208 Å². The minimum absolute atomic E-state index is 0.0311. The van der Waals surface area contributed by atoms with Gasteiger partial charge in [-0.25, -0.2) is 79.5 Å². The molecule has 0 unspecified atom stereocenters. The molecular formula is C98H130N18O14Si3. The molecule has 35 heteroatoms. The number of anilines is 2. The van der Waals surface area contributed by atoms with Crippen molar-refractivity contribution in [3.63, 3.8) is 0 Å². The highest BCUT2D eigenvalue weighted by atomic mass is 28.4. The van der Waals surface area contributed by atoms with E-state index in [1.165, 1.54) is 24.2 Å². The van der Waals surface area contributed by atoms with Crippen molar-refractivity contribution < 1.29 is 65.8 Å². The molecule has 4 aliphatic rings. The maximum atomic E-state index is 13.4. The van der Waals surface area contributed by atoms with Crippen LogP contribution < -0.4 is 24.6 Å². The lowest BCUT2D eigenvalue weighted by Gasteiger charge is -2.52. The predicted octanol–water partition coefficient (Wildman–Crippen LogP) is 18.4. The average molecular weight is 1870 g/mol. The highest BCUT2D eigenvalue weighted by Gasteiger charge is 2.62. The smallest absolute Gasteiger partial charge is 0.417 e. The van der Waals surface area contributed by atoms with E-state index in [1.54, 1.807) is 181 Å². The zero-order valence-electron chi connectivity index (χ0n) is 81.0. The van der Waals surface area contributed by atoms with Crippen LogP contribution in [-0.4, -0.2) is 186 Å². The van der Waals surface area contributed by atoms with Crippen molar-refractivity contribution in [2.24, 2.45) is 0 Å². The summed E-state index contributed by atoms with van der Waals surface area (Å²) in [5.74, 6) is 4.00. The van der Waals surface area contributed by atoms with E-state index in [9.17, 15) is 33.6 Å². The number of aryl methyl sites for hydroxylation is 1. The Balaban J connectivity index is 0.000000199. The summed E-state index contributed by atoms with van der Waals surface area (Å²) in [6.07, 6.45) is 24.3. The quantitative estimate of drug-likeness (QED) is 0.0216. The fraction of sp³-hybridized carbons (Fsp3) is 0.439. The van der Waals surface area contributed by atoms with Crippen molar-refractivity contribution in [3.8, 4) is 11.5 Å². The first-order valence-electron chi connectivity index (χ1n) is 44.8. The number of nitrogens with one attached hydrogen (secondary N) is 1. The lowest BCUT2D eigenvalue weighted by molar-refractivity contribution is -0.163. The molecule has 0 spiro atoms. The molecule has 708 valence electrons. The molecule has 1 N–H and O–H groups in total. The molecule has 11 heterocycles. The van der Waals surface area contributed by atoms with Crippen LogP contribution in [0.25, 0.3) is 12.2 Å². The number of methoxy groups -OCH3 is 2. The van der Waals surface area contributed by atoms with Crippen LogP contribution in [0.3, 0.4) is 0 Å². The fourth-order valence-corrected chi connectivity index (χ4v) is 34.0. The molecule has 4 fully saturated rings. The zero-order chi connectivity index (χ0) is 97.7. The third kappa shape index (κ3) is 26.8. The van der Waals surface area contributed by atoms with Crippen molar-refractivity contribution in [2.75, 3.05) is 24.0 Å². The first kappa shape index (κ1) is 106. The maximum absolute atomic E-state index is 13.4. The molecule has 133 heavy (non-hydrogen) atoms. The van der Waals surface area contributed by atoms with Gasteiger partial charge in [-0.3, -0.25) is 38.6 Å². The molecule has 0 saturated carbocycles. The number of likely N-dealkylation sites (tertiary alicyclic amines) is 1. The molecule has 4 aliphatic heterocycles. The van der Waals surface area contributed by atoms with Crippen molar-refractivity contribution in [3.05, 3.63) is 254 Å². The van der Waals surface area contributed by atoms with Gasteiger partial charge in [0.2, 0.25) is 31.1 Å². The third-order valence-corrected chi connectivity index (χ3v) is 41.5. The van der Waals surface area contributed by atoms with Gasteiger partial charge >= 0.3 is 12.1 Å². The van der Waals surface area contributed by atoms with Gasteiger partial charge in [0.05, 0.1) is 14.2 Å². The minimum Gasteiger partial charge on any atom is -0.497 e. The van der Waals surface area contributed by atoms with Gasteiger partial charge in [0.25, 0.3) is 23.6 Å². The molecule has 5 amide bonds. The van der Waals surface area contributed by atoms with E-state index in [0.29, 0.717) is 90.9 Å².